The number of pyridine rings is 1. The molecule has 0 aliphatic rings. The fourth-order valence-corrected chi connectivity index (χ4v) is 2.34. The lowest BCUT2D eigenvalue weighted by atomic mass is 10.2. The number of aromatic nitrogens is 3. The van der Waals surface area contributed by atoms with Crippen molar-refractivity contribution in [3.63, 3.8) is 0 Å². The third kappa shape index (κ3) is 3.44. The minimum absolute atomic E-state index is 0.144. The highest BCUT2D eigenvalue weighted by Gasteiger charge is 2.17. The van der Waals surface area contributed by atoms with Crippen molar-refractivity contribution in [2.45, 2.75) is 6.92 Å². The van der Waals surface area contributed by atoms with Crippen LogP contribution in [0.3, 0.4) is 0 Å². The van der Waals surface area contributed by atoms with Crippen LogP contribution in [-0.2, 0) is 0 Å². The number of rotatable bonds is 4. The Morgan fingerprint density at radius 3 is 2.65 bits per heavy atom. The molecule has 1 aromatic carbocycles. The molecule has 0 fully saturated rings. The van der Waals surface area contributed by atoms with Crippen molar-refractivity contribution in [2.75, 3.05) is 12.4 Å². The minimum Gasteiger partial charge on any atom is -0.481 e. The van der Waals surface area contributed by atoms with E-state index >= 15 is 0 Å². The third-order valence-electron chi connectivity index (χ3n) is 3.61. The number of amides is 1. The van der Waals surface area contributed by atoms with Gasteiger partial charge >= 0.3 is 0 Å². The zero-order chi connectivity index (χ0) is 18.7. The fourth-order valence-electron chi connectivity index (χ4n) is 2.34. The molecule has 8 heteroatoms. The summed E-state index contributed by atoms with van der Waals surface area (Å²) in [7, 11) is 1.47. The molecule has 0 atom stereocenters. The van der Waals surface area contributed by atoms with Gasteiger partial charge in [0.25, 0.3) is 5.91 Å². The van der Waals surface area contributed by atoms with E-state index in [4.69, 9.17) is 4.74 Å². The van der Waals surface area contributed by atoms with Gasteiger partial charge in [-0.25, -0.2) is 14.1 Å². The van der Waals surface area contributed by atoms with Crippen molar-refractivity contribution in [1.29, 1.82) is 0 Å². The highest BCUT2D eigenvalue weighted by Crippen LogP contribution is 2.14. The molecule has 0 aliphatic carbocycles. The number of anilines is 1. The van der Waals surface area contributed by atoms with Gasteiger partial charge in [0.15, 0.2) is 5.69 Å². The van der Waals surface area contributed by atoms with Crippen LogP contribution in [-0.4, -0.2) is 27.8 Å². The van der Waals surface area contributed by atoms with E-state index in [-0.39, 0.29) is 11.4 Å². The van der Waals surface area contributed by atoms with Crippen LogP contribution in [0.4, 0.5) is 10.1 Å². The number of ether oxygens (including phenoxy) is 1. The molecular weight excluding hydrogens is 339 g/mol. The molecule has 7 nitrogen and oxygen atoms in total. The summed E-state index contributed by atoms with van der Waals surface area (Å²) in [5.41, 5.74) is 0.00618. The number of methoxy groups -OCH3 is 1. The summed E-state index contributed by atoms with van der Waals surface area (Å²) in [5, 5.41) is 6.58. The maximum atomic E-state index is 14.0. The summed E-state index contributed by atoms with van der Waals surface area (Å²) in [6, 6.07) is 10.3. The van der Waals surface area contributed by atoms with Gasteiger partial charge in [0, 0.05) is 17.8 Å². The van der Waals surface area contributed by atoms with Crippen LogP contribution in [0.25, 0.3) is 5.69 Å². The molecule has 0 radical (unpaired) electrons. The number of nitrogens with one attached hydrogen (secondary N) is 1. The number of aryl methyl sites for hydroxylation is 1. The number of hydrogen-bond acceptors (Lipinski definition) is 5. The van der Waals surface area contributed by atoms with Crippen LogP contribution in [0.2, 0.25) is 0 Å². The highest BCUT2D eigenvalue weighted by molar-refractivity contribution is 6.02. The minimum atomic E-state index is -0.716. The Hall–Kier alpha value is -3.55. The molecule has 0 aliphatic heterocycles. The molecule has 1 N–H and O–H groups in total. The van der Waals surface area contributed by atoms with Crippen molar-refractivity contribution in [3.8, 4) is 11.6 Å². The molecule has 132 valence electrons. The van der Waals surface area contributed by atoms with Crippen LogP contribution < -0.4 is 15.5 Å². The molecule has 3 rings (SSSR count). The van der Waals surface area contributed by atoms with Crippen LogP contribution in [0, 0.1) is 12.7 Å². The summed E-state index contributed by atoms with van der Waals surface area (Å²) in [6.45, 7) is 1.61. The van der Waals surface area contributed by atoms with Crippen molar-refractivity contribution < 1.29 is 13.9 Å². The molecule has 0 saturated carbocycles. The molecule has 26 heavy (non-hydrogen) atoms. The molecule has 0 saturated heterocycles. The topological polar surface area (TPSA) is 86.1 Å². The van der Waals surface area contributed by atoms with Crippen LogP contribution in [0.1, 0.15) is 16.2 Å². The lowest BCUT2D eigenvalue weighted by Gasteiger charge is -2.12. The molecule has 0 unspecified atom stereocenters. The summed E-state index contributed by atoms with van der Waals surface area (Å²) in [6.07, 6.45) is 1.39. The molecule has 2 heterocycles. The molecule has 1 amide bonds. The van der Waals surface area contributed by atoms with Gasteiger partial charge in [0.1, 0.15) is 11.5 Å². The first-order valence-corrected chi connectivity index (χ1v) is 7.67. The predicted octanol–water partition coefficient (Wildman–Crippen LogP) is 2.34. The van der Waals surface area contributed by atoms with Gasteiger partial charge in [0.2, 0.25) is 11.3 Å². The second-order valence-corrected chi connectivity index (χ2v) is 5.41. The first-order chi connectivity index (χ1) is 12.5. The molecule has 0 spiro atoms. The highest BCUT2D eigenvalue weighted by atomic mass is 19.1. The number of halogens is 1. The summed E-state index contributed by atoms with van der Waals surface area (Å²) in [5.74, 6) is -0.845. The van der Waals surface area contributed by atoms with Gasteiger partial charge in [-0.05, 0) is 25.1 Å². The molecule has 3 aromatic rings. The van der Waals surface area contributed by atoms with Gasteiger partial charge in [-0.3, -0.25) is 9.59 Å². The van der Waals surface area contributed by atoms with Crippen LogP contribution >= 0.6 is 0 Å². The van der Waals surface area contributed by atoms with E-state index in [1.165, 1.54) is 36.2 Å². The number of carbonyl (C=O) groups excluding carboxylic acids is 1. The Kier molecular flexibility index (Phi) is 4.74. The normalized spacial score (nSPS) is 10.4. The monoisotopic (exact) mass is 354 g/mol. The average molecular weight is 354 g/mol. The lowest BCUT2D eigenvalue weighted by molar-refractivity contribution is 0.101. The van der Waals surface area contributed by atoms with Gasteiger partial charge in [-0.2, -0.15) is 5.10 Å². The third-order valence-corrected chi connectivity index (χ3v) is 3.61. The van der Waals surface area contributed by atoms with E-state index in [0.29, 0.717) is 17.3 Å². The summed E-state index contributed by atoms with van der Waals surface area (Å²) < 4.78 is 20.2. The number of benzene rings is 1. The van der Waals surface area contributed by atoms with Crippen LogP contribution in [0.5, 0.6) is 5.88 Å². The Bertz CT molecular complexity index is 1020. The quantitative estimate of drug-likeness (QED) is 0.777. The van der Waals surface area contributed by atoms with E-state index in [1.54, 1.807) is 31.2 Å². The maximum absolute atomic E-state index is 14.0. The maximum Gasteiger partial charge on any atom is 0.280 e. The van der Waals surface area contributed by atoms with Crippen LogP contribution in [0.15, 0.2) is 53.5 Å². The molecule has 2 aromatic heterocycles. The second-order valence-electron chi connectivity index (χ2n) is 5.41. The number of carbonyl (C=O) groups is 1. The largest absolute Gasteiger partial charge is 0.481 e. The van der Waals surface area contributed by atoms with E-state index in [1.807, 2.05) is 0 Å². The number of nitrogens with zero attached hydrogens (tertiary/aromatic N) is 3. The van der Waals surface area contributed by atoms with E-state index < -0.39 is 17.2 Å². The van der Waals surface area contributed by atoms with E-state index in [0.717, 1.165) is 0 Å². The fraction of sp³-hybridized carbons (Fsp3) is 0.111. The standard InChI is InChI=1S/C18H15FN4O3/c1-11-9-15(24)17(22-23(11)14-6-4-3-5-13(14)19)18(25)21-12-7-8-16(26-2)20-10-12/h3-10H,1-2H3,(H,21,25). The lowest BCUT2D eigenvalue weighted by Crippen LogP contribution is -2.27. The zero-order valence-corrected chi connectivity index (χ0v) is 14.1. The Balaban J connectivity index is 1.96. The molecular formula is C18H15FN4O3. The van der Waals surface area contributed by atoms with Crippen molar-refractivity contribution in [1.82, 2.24) is 14.8 Å². The molecule has 0 bridgehead atoms. The van der Waals surface area contributed by atoms with E-state index in [9.17, 15) is 14.0 Å². The van der Waals surface area contributed by atoms with Gasteiger partial charge in [0.05, 0.1) is 19.0 Å². The van der Waals surface area contributed by atoms with E-state index in [2.05, 4.69) is 15.4 Å². The van der Waals surface area contributed by atoms with Gasteiger partial charge < -0.3 is 10.1 Å². The predicted molar refractivity (Wildman–Crippen MR) is 93.3 cm³/mol. The Morgan fingerprint density at radius 2 is 2.00 bits per heavy atom. The van der Waals surface area contributed by atoms with Gasteiger partial charge in [-0.15, -0.1) is 0 Å². The second kappa shape index (κ2) is 7.14. The first-order valence-electron chi connectivity index (χ1n) is 7.67. The summed E-state index contributed by atoms with van der Waals surface area (Å²) in [4.78, 5) is 28.6. The zero-order valence-electron chi connectivity index (χ0n) is 14.1. The van der Waals surface area contributed by atoms with Gasteiger partial charge in [-0.1, -0.05) is 12.1 Å². The smallest absolute Gasteiger partial charge is 0.280 e. The van der Waals surface area contributed by atoms with Crippen molar-refractivity contribution in [2.24, 2.45) is 0 Å². The Morgan fingerprint density at radius 1 is 1.23 bits per heavy atom. The average Bonchev–Trinajstić information content (AvgIpc) is 2.63. The Labute approximate surface area is 148 Å². The first kappa shape index (κ1) is 17.3. The van der Waals surface area contributed by atoms with Crippen molar-refractivity contribution in [3.05, 3.63) is 76.1 Å². The SMILES string of the molecule is COc1ccc(NC(=O)c2nn(-c3ccccc3F)c(C)cc2=O)cn1. The number of para-hydroxylation sites is 1. The van der Waals surface area contributed by atoms with Crippen molar-refractivity contribution >= 4 is 11.6 Å². The number of hydrogen-bond donors (Lipinski definition) is 1. The summed E-state index contributed by atoms with van der Waals surface area (Å²) >= 11 is 0.